The number of aromatic nitrogens is 1. The van der Waals surface area contributed by atoms with Crippen molar-refractivity contribution >= 4 is 67.4 Å². The Labute approximate surface area is 195 Å². The number of amides is 1. The number of thiazole rings is 1. The van der Waals surface area contributed by atoms with Gasteiger partial charge in [0.1, 0.15) is 0 Å². The molecule has 0 bridgehead atoms. The first-order chi connectivity index (χ1) is 14.7. The van der Waals surface area contributed by atoms with Crippen molar-refractivity contribution in [1.82, 2.24) is 10.3 Å². The molecule has 4 nitrogen and oxygen atoms in total. The lowest BCUT2D eigenvalue weighted by atomic mass is 10.1. The molecule has 2 aromatic carbocycles. The Balaban J connectivity index is 2.11. The summed E-state index contributed by atoms with van der Waals surface area (Å²) in [6.45, 7) is 1.51. The standard InChI is InChI=1S/C18H10Cl3F6N3OS/c1-7-10(20)4-5-12-13(7)28-15(32-12)30-16(17(22,23)24,18(25,26)27)29-14(31)9-3-2-8(19)6-11(9)21/h2-6H,1H3,(H,28,30)(H,29,31). The minimum absolute atomic E-state index is 0.0334. The highest BCUT2D eigenvalue weighted by molar-refractivity contribution is 7.22. The van der Waals surface area contributed by atoms with Crippen LogP contribution >= 0.6 is 46.1 Å². The summed E-state index contributed by atoms with van der Waals surface area (Å²) in [7, 11) is 0. The van der Waals surface area contributed by atoms with E-state index >= 15 is 0 Å². The summed E-state index contributed by atoms with van der Waals surface area (Å²) in [6, 6.07) is 5.85. The lowest BCUT2D eigenvalue weighted by molar-refractivity contribution is -0.294. The smallest absolute Gasteiger partial charge is 0.324 e. The Morgan fingerprint density at radius 2 is 1.59 bits per heavy atom. The van der Waals surface area contributed by atoms with Crippen molar-refractivity contribution in [3.8, 4) is 0 Å². The zero-order valence-electron chi connectivity index (χ0n) is 15.6. The Morgan fingerprint density at radius 3 is 2.16 bits per heavy atom. The molecular formula is C18H10Cl3F6N3OS. The van der Waals surface area contributed by atoms with Gasteiger partial charge in [-0.25, -0.2) is 4.98 Å². The molecule has 3 aromatic rings. The lowest BCUT2D eigenvalue weighted by Crippen LogP contribution is -2.72. The molecule has 0 saturated heterocycles. The van der Waals surface area contributed by atoms with Crippen LogP contribution in [-0.2, 0) is 0 Å². The monoisotopic (exact) mass is 535 g/mol. The van der Waals surface area contributed by atoms with Crippen molar-refractivity contribution in [2.24, 2.45) is 0 Å². The van der Waals surface area contributed by atoms with Crippen LogP contribution in [0.3, 0.4) is 0 Å². The van der Waals surface area contributed by atoms with Gasteiger partial charge in [-0.05, 0) is 42.8 Å². The number of nitrogens with zero attached hydrogens (tertiary/aromatic N) is 1. The Kier molecular flexibility index (Phi) is 6.51. The fourth-order valence-electron chi connectivity index (χ4n) is 2.70. The quantitative estimate of drug-likeness (QED) is 0.273. The maximum Gasteiger partial charge on any atom is 0.439 e. The van der Waals surface area contributed by atoms with Gasteiger partial charge in [-0.3, -0.25) is 4.79 Å². The molecule has 32 heavy (non-hydrogen) atoms. The number of halogens is 9. The molecule has 0 atom stereocenters. The number of carbonyl (C=O) groups is 1. The van der Waals surface area contributed by atoms with Crippen molar-refractivity contribution in [1.29, 1.82) is 0 Å². The van der Waals surface area contributed by atoms with E-state index < -0.39 is 39.6 Å². The number of benzene rings is 2. The average molecular weight is 537 g/mol. The van der Waals surface area contributed by atoms with Crippen molar-refractivity contribution in [2.75, 3.05) is 5.32 Å². The van der Waals surface area contributed by atoms with Crippen LogP contribution in [0.15, 0.2) is 30.3 Å². The zero-order chi connectivity index (χ0) is 24.1. The third kappa shape index (κ3) is 4.43. The van der Waals surface area contributed by atoms with Crippen molar-refractivity contribution < 1.29 is 31.1 Å². The molecule has 3 rings (SSSR count). The van der Waals surface area contributed by atoms with Gasteiger partial charge in [0.05, 0.1) is 20.8 Å². The fraction of sp³-hybridized carbons (Fsp3) is 0.222. The highest BCUT2D eigenvalue weighted by Crippen LogP contribution is 2.45. The first kappa shape index (κ1) is 24.7. The summed E-state index contributed by atoms with van der Waals surface area (Å²) in [6.07, 6.45) is -12.0. The highest BCUT2D eigenvalue weighted by atomic mass is 35.5. The van der Waals surface area contributed by atoms with Crippen LogP contribution in [0.5, 0.6) is 0 Å². The van der Waals surface area contributed by atoms with Crippen LogP contribution in [0.4, 0.5) is 31.5 Å². The molecule has 0 unspecified atom stereocenters. The van der Waals surface area contributed by atoms with E-state index in [4.69, 9.17) is 34.8 Å². The molecular weight excluding hydrogens is 527 g/mol. The largest absolute Gasteiger partial charge is 0.439 e. The van der Waals surface area contributed by atoms with E-state index in [1.54, 1.807) is 0 Å². The number of alkyl halides is 6. The molecule has 0 fully saturated rings. The topological polar surface area (TPSA) is 54.0 Å². The lowest BCUT2D eigenvalue weighted by Gasteiger charge is -2.38. The molecule has 0 aliphatic rings. The van der Waals surface area contributed by atoms with Crippen LogP contribution in [0, 0.1) is 6.92 Å². The number of hydrogen-bond acceptors (Lipinski definition) is 4. The highest BCUT2D eigenvalue weighted by Gasteiger charge is 2.73. The van der Waals surface area contributed by atoms with Gasteiger partial charge in [0.25, 0.3) is 5.91 Å². The SMILES string of the molecule is Cc1c(Cl)ccc2sc(NC(NC(=O)c3ccc(Cl)cc3Cl)(C(F)(F)F)C(F)(F)F)nc12. The van der Waals surface area contributed by atoms with E-state index in [1.165, 1.54) is 24.4 Å². The summed E-state index contributed by atoms with van der Waals surface area (Å²) in [4.78, 5) is 16.3. The Hall–Kier alpha value is -1.95. The van der Waals surface area contributed by atoms with Gasteiger partial charge in [0.2, 0.25) is 0 Å². The number of anilines is 1. The van der Waals surface area contributed by atoms with E-state index in [0.29, 0.717) is 21.6 Å². The van der Waals surface area contributed by atoms with E-state index in [9.17, 15) is 31.1 Å². The maximum atomic E-state index is 13.9. The predicted molar refractivity (Wildman–Crippen MR) is 112 cm³/mol. The van der Waals surface area contributed by atoms with E-state index in [2.05, 4.69) is 4.98 Å². The molecule has 0 saturated carbocycles. The van der Waals surface area contributed by atoms with Gasteiger partial charge in [-0.2, -0.15) is 26.3 Å². The molecule has 14 heteroatoms. The number of rotatable bonds is 4. The van der Waals surface area contributed by atoms with E-state index in [-0.39, 0.29) is 15.6 Å². The number of carbonyl (C=O) groups excluding carboxylic acids is 1. The van der Waals surface area contributed by atoms with Crippen molar-refractivity contribution in [3.05, 3.63) is 56.5 Å². The third-order valence-electron chi connectivity index (χ3n) is 4.37. The summed E-state index contributed by atoms with van der Waals surface area (Å²) < 4.78 is 83.7. The van der Waals surface area contributed by atoms with Crippen molar-refractivity contribution in [3.63, 3.8) is 0 Å². The summed E-state index contributed by atoms with van der Waals surface area (Å²) >= 11 is 17.9. The van der Waals surface area contributed by atoms with Crippen LogP contribution in [-0.4, -0.2) is 28.9 Å². The number of aryl methyl sites for hydroxylation is 1. The second-order valence-corrected chi connectivity index (χ2v) is 8.77. The number of hydrogen-bond donors (Lipinski definition) is 2. The normalized spacial score (nSPS) is 12.8. The van der Waals surface area contributed by atoms with Gasteiger partial charge in [0.15, 0.2) is 5.13 Å². The molecule has 1 aromatic heterocycles. The molecule has 0 aliphatic carbocycles. The maximum absolute atomic E-state index is 13.9. The molecule has 2 N–H and O–H groups in total. The third-order valence-corrected chi connectivity index (χ3v) is 6.26. The summed E-state index contributed by atoms with van der Waals surface area (Å²) in [5, 5.41) is 1.47. The molecule has 0 spiro atoms. The van der Waals surface area contributed by atoms with E-state index in [0.717, 1.165) is 23.5 Å². The van der Waals surface area contributed by atoms with E-state index in [1.807, 2.05) is 0 Å². The van der Waals surface area contributed by atoms with Gasteiger partial charge >= 0.3 is 18.0 Å². The van der Waals surface area contributed by atoms with Crippen LogP contribution in [0.1, 0.15) is 15.9 Å². The molecule has 172 valence electrons. The van der Waals surface area contributed by atoms with Gasteiger partial charge in [0, 0.05) is 10.0 Å². The van der Waals surface area contributed by atoms with Crippen LogP contribution in [0.25, 0.3) is 10.2 Å². The molecule has 1 amide bonds. The summed E-state index contributed by atoms with van der Waals surface area (Å²) in [5.74, 6) is -1.73. The molecule has 1 heterocycles. The second kappa shape index (κ2) is 8.44. The zero-order valence-corrected chi connectivity index (χ0v) is 18.6. The summed E-state index contributed by atoms with van der Waals surface area (Å²) in [5.41, 5.74) is -5.01. The average Bonchev–Trinajstić information content (AvgIpc) is 3.05. The molecule has 0 aliphatic heterocycles. The Morgan fingerprint density at radius 1 is 0.969 bits per heavy atom. The Bertz CT molecular complexity index is 1180. The minimum Gasteiger partial charge on any atom is -0.324 e. The fourth-order valence-corrected chi connectivity index (χ4v) is 4.33. The predicted octanol–water partition coefficient (Wildman–Crippen LogP) is 7.23. The first-order valence-corrected chi connectivity index (χ1v) is 10.4. The van der Waals surface area contributed by atoms with Gasteiger partial charge in [-0.15, -0.1) is 0 Å². The number of nitrogens with one attached hydrogen (secondary N) is 2. The van der Waals surface area contributed by atoms with Crippen LogP contribution < -0.4 is 10.6 Å². The van der Waals surface area contributed by atoms with Crippen molar-refractivity contribution in [2.45, 2.75) is 24.9 Å². The molecule has 0 radical (unpaired) electrons. The van der Waals surface area contributed by atoms with Gasteiger partial charge < -0.3 is 10.6 Å². The first-order valence-electron chi connectivity index (χ1n) is 8.41. The van der Waals surface area contributed by atoms with Crippen LogP contribution in [0.2, 0.25) is 15.1 Å². The minimum atomic E-state index is -6.02. The number of fused-ring (bicyclic) bond motifs is 1. The van der Waals surface area contributed by atoms with Gasteiger partial charge in [-0.1, -0.05) is 46.1 Å². The second-order valence-electron chi connectivity index (χ2n) is 6.49.